The first kappa shape index (κ1) is 12.3. The van der Waals surface area contributed by atoms with Crippen molar-refractivity contribution in [3.8, 4) is 11.3 Å². The Hall–Kier alpha value is -1.43. The van der Waals surface area contributed by atoms with Gasteiger partial charge < -0.3 is 0 Å². The maximum atomic E-state index is 6.17. The molecule has 3 nitrogen and oxygen atoms in total. The first-order valence-corrected chi connectivity index (χ1v) is 7.88. The number of hydrogen-bond acceptors (Lipinski definition) is 3. The van der Waals surface area contributed by atoms with Gasteiger partial charge in [0.05, 0.1) is 31.6 Å². The van der Waals surface area contributed by atoms with Crippen LogP contribution in [0.25, 0.3) is 26.3 Å². The highest BCUT2D eigenvalue weighted by Crippen LogP contribution is 2.35. The van der Waals surface area contributed by atoms with Gasteiger partial charge >= 0.3 is 0 Å². The summed E-state index contributed by atoms with van der Waals surface area (Å²) in [6, 6.07) is 8.07. The zero-order valence-electron chi connectivity index (χ0n) is 10.0. The molecule has 0 spiro atoms. The van der Waals surface area contributed by atoms with Gasteiger partial charge in [-0.05, 0) is 28.1 Å². The minimum Gasteiger partial charge on any atom is -0.289 e. The molecule has 3 aromatic heterocycles. The molecule has 0 atom stereocenters. The van der Waals surface area contributed by atoms with Crippen molar-refractivity contribution in [2.75, 3.05) is 0 Å². The predicted molar refractivity (Wildman–Crippen MR) is 86.5 cm³/mol. The molecule has 3 heterocycles. The molecule has 98 valence electrons. The minimum atomic E-state index is 0.664. The van der Waals surface area contributed by atoms with Gasteiger partial charge in [0.25, 0.3) is 0 Å². The van der Waals surface area contributed by atoms with E-state index in [0.717, 1.165) is 26.1 Å². The quantitative estimate of drug-likeness (QED) is 0.474. The minimum absolute atomic E-state index is 0.664. The van der Waals surface area contributed by atoms with Gasteiger partial charge in [-0.3, -0.25) is 9.38 Å². The Bertz CT molecular complexity index is 944. The van der Waals surface area contributed by atoms with Gasteiger partial charge in [-0.1, -0.05) is 23.7 Å². The molecule has 4 rings (SSSR count). The van der Waals surface area contributed by atoms with E-state index < -0.39 is 0 Å². The highest BCUT2D eigenvalue weighted by molar-refractivity contribution is 9.10. The monoisotopic (exact) mass is 363 g/mol. The molecule has 0 bridgehead atoms. The lowest BCUT2D eigenvalue weighted by Gasteiger charge is -2.04. The van der Waals surface area contributed by atoms with E-state index in [1.165, 1.54) is 4.70 Å². The van der Waals surface area contributed by atoms with Crippen LogP contribution < -0.4 is 0 Å². The molecule has 0 saturated heterocycles. The zero-order valence-corrected chi connectivity index (χ0v) is 13.2. The smallest absolute Gasteiger partial charge is 0.120 e. The average Bonchev–Trinajstić information content (AvgIpc) is 3.02. The third kappa shape index (κ3) is 1.78. The molecule has 0 aliphatic carbocycles. The lowest BCUT2D eigenvalue weighted by molar-refractivity contribution is 1.22. The van der Waals surface area contributed by atoms with Crippen molar-refractivity contribution < 1.29 is 0 Å². The lowest BCUT2D eigenvalue weighted by Crippen LogP contribution is -1.85. The molecule has 0 saturated carbocycles. The highest BCUT2D eigenvalue weighted by atomic mass is 79.9. The van der Waals surface area contributed by atoms with Crippen LogP contribution in [0.2, 0.25) is 5.02 Å². The van der Waals surface area contributed by atoms with E-state index in [1.54, 1.807) is 17.5 Å². The van der Waals surface area contributed by atoms with Gasteiger partial charge in [-0.15, -0.1) is 11.3 Å². The summed E-state index contributed by atoms with van der Waals surface area (Å²) in [4.78, 5) is 9.76. The number of halogens is 2. The molecule has 0 aliphatic heterocycles. The van der Waals surface area contributed by atoms with Crippen LogP contribution in [0, 0.1) is 0 Å². The summed E-state index contributed by atoms with van der Waals surface area (Å²) in [5, 5.41) is 0.664. The number of fused-ring (bicyclic) bond motifs is 3. The highest BCUT2D eigenvalue weighted by Gasteiger charge is 2.12. The van der Waals surface area contributed by atoms with Gasteiger partial charge in [0.2, 0.25) is 0 Å². The van der Waals surface area contributed by atoms with Crippen LogP contribution in [-0.2, 0) is 0 Å². The van der Waals surface area contributed by atoms with Crippen molar-refractivity contribution in [1.82, 2.24) is 14.4 Å². The van der Waals surface area contributed by atoms with Crippen LogP contribution in [0.3, 0.4) is 0 Å². The summed E-state index contributed by atoms with van der Waals surface area (Å²) in [6.45, 7) is 0. The van der Waals surface area contributed by atoms with Crippen molar-refractivity contribution in [2.24, 2.45) is 0 Å². The molecule has 0 N–H and O–H groups in total. The standard InChI is InChI=1S/C14H7BrClN3S/c15-9-5-18-11(4-10(9)16)8-2-1-3-12-14(8)20-13-6-17-7-19(12)13/h1-7H. The van der Waals surface area contributed by atoms with E-state index >= 15 is 0 Å². The number of hydrogen-bond donors (Lipinski definition) is 0. The SMILES string of the molecule is Clc1cc(-c2cccc3c2sc2cncn23)ncc1Br. The third-order valence-electron chi connectivity index (χ3n) is 3.15. The number of nitrogens with zero attached hydrogens (tertiary/aromatic N) is 3. The Balaban J connectivity index is 2.05. The summed E-state index contributed by atoms with van der Waals surface area (Å²) >= 11 is 11.2. The van der Waals surface area contributed by atoms with Crippen molar-refractivity contribution >= 4 is 53.9 Å². The fourth-order valence-corrected chi connectivity index (χ4v) is 3.72. The first-order chi connectivity index (χ1) is 9.74. The van der Waals surface area contributed by atoms with Crippen LogP contribution in [0.15, 0.2) is 47.5 Å². The molecule has 0 aliphatic rings. The summed E-state index contributed by atoms with van der Waals surface area (Å²) in [7, 11) is 0. The Morgan fingerprint density at radius 1 is 1.25 bits per heavy atom. The maximum absolute atomic E-state index is 6.17. The van der Waals surface area contributed by atoms with E-state index in [-0.39, 0.29) is 0 Å². The fraction of sp³-hybridized carbons (Fsp3) is 0. The normalized spacial score (nSPS) is 11.5. The van der Waals surface area contributed by atoms with Gasteiger partial charge in [-0.25, -0.2) is 4.98 Å². The zero-order chi connectivity index (χ0) is 13.7. The van der Waals surface area contributed by atoms with Gasteiger partial charge in [0.15, 0.2) is 0 Å². The Morgan fingerprint density at radius 3 is 3.00 bits per heavy atom. The van der Waals surface area contributed by atoms with Gasteiger partial charge in [0.1, 0.15) is 11.2 Å². The number of thiazole rings is 1. The second-order valence-electron chi connectivity index (χ2n) is 4.34. The van der Waals surface area contributed by atoms with Gasteiger partial charge in [-0.2, -0.15) is 0 Å². The lowest BCUT2D eigenvalue weighted by atomic mass is 10.1. The van der Waals surface area contributed by atoms with Crippen LogP contribution in [-0.4, -0.2) is 14.4 Å². The van der Waals surface area contributed by atoms with Crippen LogP contribution >= 0.6 is 38.9 Å². The second kappa shape index (κ2) is 4.55. The summed E-state index contributed by atoms with van der Waals surface area (Å²) < 4.78 is 4.08. The second-order valence-corrected chi connectivity index (χ2v) is 6.63. The number of benzene rings is 1. The van der Waals surface area contributed by atoms with Crippen LogP contribution in [0.4, 0.5) is 0 Å². The Kier molecular flexibility index (Phi) is 2.80. The van der Waals surface area contributed by atoms with E-state index in [9.17, 15) is 0 Å². The average molecular weight is 365 g/mol. The molecule has 1 aromatic carbocycles. The fourth-order valence-electron chi connectivity index (χ4n) is 2.23. The first-order valence-electron chi connectivity index (χ1n) is 5.89. The molecule has 0 amide bonds. The summed E-state index contributed by atoms with van der Waals surface area (Å²) in [6.07, 6.45) is 5.44. The molecule has 6 heteroatoms. The molecule has 20 heavy (non-hydrogen) atoms. The molecule has 4 aromatic rings. The van der Waals surface area contributed by atoms with Crippen molar-refractivity contribution in [1.29, 1.82) is 0 Å². The third-order valence-corrected chi connectivity index (χ3v) is 5.47. The van der Waals surface area contributed by atoms with Crippen molar-refractivity contribution in [3.63, 3.8) is 0 Å². The molecular formula is C14H7BrClN3S. The molecule has 0 fully saturated rings. The summed E-state index contributed by atoms with van der Waals surface area (Å²) in [5.74, 6) is 0. The largest absolute Gasteiger partial charge is 0.289 e. The van der Waals surface area contributed by atoms with E-state index in [4.69, 9.17) is 11.6 Å². The van der Waals surface area contributed by atoms with Gasteiger partial charge in [0, 0.05) is 11.8 Å². The molecule has 0 unspecified atom stereocenters. The molecule has 0 radical (unpaired) electrons. The van der Waals surface area contributed by atoms with Crippen LogP contribution in [0.1, 0.15) is 0 Å². The predicted octanol–water partition coefficient (Wildman–Crippen LogP) is 5.03. The van der Waals surface area contributed by atoms with E-state index in [2.05, 4.69) is 42.4 Å². The van der Waals surface area contributed by atoms with Crippen molar-refractivity contribution in [3.05, 3.63) is 52.5 Å². The topological polar surface area (TPSA) is 30.2 Å². The Morgan fingerprint density at radius 2 is 2.15 bits per heavy atom. The number of pyridine rings is 1. The van der Waals surface area contributed by atoms with E-state index in [0.29, 0.717) is 5.02 Å². The molecular weight excluding hydrogens is 358 g/mol. The maximum Gasteiger partial charge on any atom is 0.120 e. The number of aromatic nitrogens is 3. The Labute approximate surface area is 132 Å². The number of imidazole rings is 1. The van der Waals surface area contributed by atoms with Crippen molar-refractivity contribution in [2.45, 2.75) is 0 Å². The van der Waals surface area contributed by atoms with E-state index in [1.807, 2.05) is 24.7 Å². The number of rotatable bonds is 1. The van der Waals surface area contributed by atoms with Crippen LogP contribution in [0.5, 0.6) is 0 Å². The summed E-state index contributed by atoms with van der Waals surface area (Å²) in [5.41, 5.74) is 3.10.